The predicted molar refractivity (Wildman–Crippen MR) is 133 cm³/mol. The van der Waals surface area contributed by atoms with Crippen molar-refractivity contribution in [1.82, 2.24) is 4.98 Å². The van der Waals surface area contributed by atoms with E-state index >= 15 is 0 Å². The van der Waals surface area contributed by atoms with Crippen molar-refractivity contribution in [3.8, 4) is 22.8 Å². The largest absolute Gasteiger partial charge is 0.507 e. The molecule has 0 spiro atoms. The van der Waals surface area contributed by atoms with Crippen LogP contribution in [0.25, 0.3) is 11.1 Å². The molecule has 5 atom stereocenters. The number of fused-ring (bicyclic) bond motifs is 3. The molecule has 2 saturated carbocycles. The molecule has 198 valence electrons. The monoisotopic (exact) mass is 521 g/mol. The SMILES string of the molecule is COc1ccc(-c2cc(N(C)C)c3c(c2O)C(=O)C2C(=O)[C@]4(O)C(=O)C(C(N)=O)C(=O)C[C@@H]4C[C@@H]2C3)cn1. The van der Waals surface area contributed by atoms with E-state index in [1.54, 1.807) is 37.2 Å². The Kier molecular flexibility index (Phi) is 5.86. The Labute approximate surface area is 217 Å². The molecule has 11 heteroatoms. The lowest BCUT2D eigenvalue weighted by atomic mass is 9.53. The molecule has 1 amide bonds. The van der Waals surface area contributed by atoms with E-state index in [-0.39, 0.29) is 30.6 Å². The summed E-state index contributed by atoms with van der Waals surface area (Å²) in [6, 6.07) is 5.01. The molecule has 11 nitrogen and oxygen atoms in total. The van der Waals surface area contributed by atoms with E-state index in [1.807, 2.05) is 0 Å². The van der Waals surface area contributed by atoms with Crippen LogP contribution in [-0.2, 0) is 25.6 Å². The highest BCUT2D eigenvalue weighted by Crippen LogP contribution is 2.52. The van der Waals surface area contributed by atoms with Crippen molar-refractivity contribution < 1.29 is 38.9 Å². The molecule has 2 aromatic rings. The molecule has 5 rings (SSSR count). The number of ketones is 4. The summed E-state index contributed by atoms with van der Waals surface area (Å²) in [7, 11) is 5.04. The summed E-state index contributed by atoms with van der Waals surface area (Å²) in [6.07, 6.45) is 1.35. The Balaban J connectivity index is 1.64. The van der Waals surface area contributed by atoms with Gasteiger partial charge in [0.2, 0.25) is 11.8 Å². The Morgan fingerprint density at radius 1 is 1.16 bits per heavy atom. The number of amides is 1. The number of aromatic hydroxyl groups is 1. The molecular weight excluding hydrogens is 494 g/mol. The molecule has 1 heterocycles. The summed E-state index contributed by atoms with van der Waals surface area (Å²) in [6.45, 7) is 0. The number of aliphatic hydroxyl groups is 1. The molecular formula is C27H27N3O8. The van der Waals surface area contributed by atoms with Gasteiger partial charge in [0.15, 0.2) is 34.7 Å². The zero-order chi connectivity index (χ0) is 27.7. The van der Waals surface area contributed by atoms with Crippen LogP contribution in [0.15, 0.2) is 24.4 Å². The average Bonchev–Trinajstić information content (AvgIpc) is 2.86. The average molecular weight is 522 g/mol. The number of anilines is 1. The van der Waals surface area contributed by atoms with Crippen molar-refractivity contribution in [1.29, 1.82) is 0 Å². The van der Waals surface area contributed by atoms with E-state index < -0.39 is 58.3 Å². The summed E-state index contributed by atoms with van der Waals surface area (Å²) in [5, 5.41) is 22.7. The maximum atomic E-state index is 13.9. The second kappa shape index (κ2) is 8.73. The Morgan fingerprint density at radius 2 is 1.87 bits per heavy atom. The van der Waals surface area contributed by atoms with Crippen molar-refractivity contribution in [2.24, 2.45) is 29.4 Å². The molecule has 0 radical (unpaired) electrons. The van der Waals surface area contributed by atoms with Gasteiger partial charge in [0.1, 0.15) is 5.75 Å². The molecule has 38 heavy (non-hydrogen) atoms. The van der Waals surface area contributed by atoms with E-state index in [4.69, 9.17) is 10.5 Å². The van der Waals surface area contributed by atoms with Crippen molar-refractivity contribution >= 4 is 34.7 Å². The van der Waals surface area contributed by atoms with Gasteiger partial charge in [0, 0.05) is 55.5 Å². The van der Waals surface area contributed by atoms with Gasteiger partial charge in [0.25, 0.3) is 0 Å². The van der Waals surface area contributed by atoms with Crippen molar-refractivity contribution in [2.75, 3.05) is 26.1 Å². The van der Waals surface area contributed by atoms with Crippen molar-refractivity contribution in [2.45, 2.75) is 24.9 Å². The number of rotatable bonds is 4. The van der Waals surface area contributed by atoms with Crippen LogP contribution in [0.5, 0.6) is 11.6 Å². The third-order valence-corrected chi connectivity index (χ3v) is 8.12. The topological polar surface area (TPSA) is 177 Å². The van der Waals surface area contributed by atoms with E-state index in [2.05, 4.69) is 4.98 Å². The van der Waals surface area contributed by atoms with Crippen LogP contribution in [0.1, 0.15) is 28.8 Å². The first-order valence-corrected chi connectivity index (χ1v) is 12.2. The van der Waals surface area contributed by atoms with Crippen LogP contribution in [0.4, 0.5) is 5.69 Å². The number of nitrogens with zero attached hydrogens (tertiary/aromatic N) is 2. The fourth-order valence-corrected chi connectivity index (χ4v) is 6.29. The maximum Gasteiger partial charge on any atom is 0.235 e. The summed E-state index contributed by atoms with van der Waals surface area (Å²) in [5.41, 5.74) is 4.47. The Morgan fingerprint density at radius 3 is 2.45 bits per heavy atom. The van der Waals surface area contributed by atoms with Gasteiger partial charge < -0.3 is 25.6 Å². The zero-order valence-electron chi connectivity index (χ0n) is 21.1. The lowest BCUT2D eigenvalue weighted by Crippen LogP contribution is -2.68. The van der Waals surface area contributed by atoms with Gasteiger partial charge in [-0.15, -0.1) is 0 Å². The summed E-state index contributed by atoms with van der Waals surface area (Å²) >= 11 is 0. The van der Waals surface area contributed by atoms with E-state index in [0.29, 0.717) is 28.3 Å². The number of hydrogen-bond acceptors (Lipinski definition) is 10. The molecule has 0 aliphatic heterocycles. The number of phenolic OH excluding ortho intramolecular Hbond substituents is 1. The highest BCUT2D eigenvalue weighted by atomic mass is 16.5. The minimum Gasteiger partial charge on any atom is -0.507 e. The zero-order valence-corrected chi connectivity index (χ0v) is 21.1. The smallest absolute Gasteiger partial charge is 0.235 e. The first-order valence-electron chi connectivity index (χ1n) is 12.2. The quantitative estimate of drug-likeness (QED) is 0.479. The van der Waals surface area contributed by atoms with Gasteiger partial charge in [-0.05, 0) is 36.5 Å². The molecule has 0 bridgehead atoms. The number of ether oxygens (including phenoxy) is 1. The first kappa shape index (κ1) is 25.5. The summed E-state index contributed by atoms with van der Waals surface area (Å²) in [5.74, 6) is -10.1. The highest BCUT2D eigenvalue weighted by molar-refractivity contribution is 6.31. The minimum atomic E-state index is -2.68. The van der Waals surface area contributed by atoms with Crippen LogP contribution in [0, 0.1) is 23.7 Å². The Hall–Kier alpha value is -4.12. The third-order valence-electron chi connectivity index (χ3n) is 8.12. The number of carbonyl (C=O) groups excluding carboxylic acids is 5. The molecule has 3 aliphatic rings. The number of benzene rings is 1. The second-order valence-electron chi connectivity index (χ2n) is 10.4. The third kappa shape index (κ3) is 3.45. The predicted octanol–water partition coefficient (Wildman–Crippen LogP) is 0.463. The normalized spacial score (nSPS) is 28.3. The van der Waals surface area contributed by atoms with Gasteiger partial charge in [-0.25, -0.2) is 4.98 Å². The number of phenols is 1. The number of pyridine rings is 1. The van der Waals surface area contributed by atoms with Crippen LogP contribution in [0.2, 0.25) is 0 Å². The molecule has 4 N–H and O–H groups in total. The number of carbonyl (C=O) groups is 5. The van der Waals surface area contributed by atoms with Crippen LogP contribution >= 0.6 is 0 Å². The van der Waals surface area contributed by atoms with Crippen LogP contribution in [0.3, 0.4) is 0 Å². The van der Waals surface area contributed by atoms with Gasteiger partial charge in [0.05, 0.1) is 18.6 Å². The molecule has 2 unspecified atom stereocenters. The number of methoxy groups -OCH3 is 1. The second-order valence-corrected chi connectivity index (χ2v) is 10.4. The lowest BCUT2D eigenvalue weighted by molar-refractivity contribution is -0.175. The minimum absolute atomic E-state index is 0.0405. The summed E-state index contributed by atoms with van der Waals surface area (Å²) < 4.78 is 5.09. The lowest BCUT2D eigenvalue weighted by Gasteiger charge is -2.48. The number of aromatic nitrogens is 1. The van der Waals surface area contributed by atoms with Crippen molar-refractivity contribution in [3.63, 3.8) is 0 Å². The van der Waals surface area contributed by atoms with E-state index in [1.165, 1.54) is 13.3 Å². The van der Waals surface area contributed by atoms with Gasteiger partial charge in [-0.3, -0.25) is 24.0 Å². The molecule has 3 aliphatic carbocycles. The van der Waals surface area contributed by atoms with Crippen molar-refractivity contribution in [3.05, 3.63) is 35.5 Å². The van der Waals surface area contributed by atoms with Gasteiger partial charge >= 0.3 is 0 Å². The number of primary amides is 1. The molecule has 2 fully saturated rings. The number of Topliss-reactive ketones (excluding diaryl/α,β-unsaturated/α-hetero) is 4. The molecule has 1 aromatic carbocycles. The molecule has 1 aromatic heterocycles. The van der Waals surface area contributed by atoms with Gasteiger partial charge in [-0.1, -0.05) is 0 Å². The standard InChI is InChI=1S/C27H27N3O8/c1-30(2)16-9-14(11-4-5-18(38-3)29-10-11)22(32)20-15(16)7-12-6-13-8-17(31)21(26(28)36)25(35)27(13,37)24(34)19(12)23(20)33/h4-5,9-10,12-13,19,21,32,37H,6-8H2,1-3H3,(H2,28,36)/t12-,13+,19?,21?,27+/m1/s1. The number of nitrogens with two attached hydrogens (primary N) is 1. The molecule has 0 saturated heterocycles. The highest BCUT2D eigenvalue weighted by Gasteiger charge is 2.66. The fourth-order valence-electron chi connectivity index (χ4n) is 6.29. The van der Waals surface area contributed by atoms with Crippen LogP contribution < -0.4 is 15.4 Å². The summed E-state index contributed by atoms with van der Waals surface area (Å²) in [4.78, 5) is 71.0. The first-order chi connectivity index (χ1) is 17.9. The van der Waals surface area contributed by atoms with Crippen LogP contribution in [-0.4, -0.2) is 71.0 Å². The maximum absolute atomic E-state index is 13.9. The fraction of sp³-hybridized carbons (Fsp3) is 0.407. The Bertz CT molecular complexity index is 1420. The van der Waals surface area contributed by atoms with Gasteiger partial charge in [-0.2, -0.15) is 0 Å². The number of hydrogen-bond donors (Lipinski definition) is 3. The van der Waals surface area contributed by atoms with E-state index in [9.17, 15) is 34.2 Å². The van der Waals surface area contributed by atoms with E-state index in [0.717, 1.165) is 0 Å².